The van der Waals surface area contributed by atoms with Crippen LogP contribution in [0.3, 0.4) is 0 Å². The summed E-state index contributed by atoms with van der Waals surface area (Å²) >= 11 is 0. The molecular formula is C29H32ClN3O3S. The van der Waals surface area contributed by atoms with E-state index in [4.69, 9.17) is 9.72 Å². The van der Waals surface area contributed by atoms with E-state index in [2.05, 4.69) is 10.0 Å². The Balaban J connectivity index is 0.00000320. The number of anilines is 3. The monoisotopic (exact) mass is 537 g/mol. The Hall–Kier alpha value is -3.29. The summed E-state index contributed by atoms with van der Waals surface area (Å²) in [5, 5.41) is 4.33. The number of sulfonamides is 1. The van der Waals surface area contributed by atoms with Gasteiger partial charge in [-0.2, -0.15) is 0 Å². The molecule has 0 spiro atoms. The molecule has 0 atom stereocenters. The summed E-state index contributed by atoms with van der Waals surface area (Å²) < 4.78 is 32.2. The second-order valence-corrected chi connectivity index (χ2v) is 11.2. The van der Waals surface area contributed by atoms with Crippen molar-refractivity contribution in [3.63, 3.8) is 0 Å². The maximum atomic E-state index is 11.8. The number of halogens is 1. The summed E-state index contributed by atoms with van der Waals surface area (Å²) in [5.74, 6) is 1.53. The highest BCUT2D eigenvalue weighted by Gasteiger charge is 2.14. The van der Waals surface area contributed by atoms with Crippen LogP contribution in [0.4, 0.5) is 17.1 Å². The Morgan fingerprint density at radius 2 is 1.59 bits per heavy atom. The molecule has 3 aromatic carbocycles. The largest absolute Gasteiger partial charge is 0.493 e. The van der Waals surface area contributed by atoms with Crippen molar-refractivity contribution >= 4 is 50.4 Å². The van der Waals surface area contributed by atoms with Crippen LogP contribution < -0.4 is 14.8 Å². The van der Waals surface area contributed by atoms with E-state index in [9.17, 15) is 8.42 Å². The van der Waals surface area contributed by atoms with Gasteiger partial charge in [-0.05, 0) is 67.3 Å². The van der Waals surface area contributed by atoms with Crippen LogP contribution in [0, 0.1) is 5.92 Å². The van der Waals surface area contributed by atoms with Gasteiger partial charge in [0.15, 0.2) is 0 Å². The minimum Gasteiger partial charge on any atom is -0.493 e. The van der Waals surface area contributed by atoms with Gasteiger partial charge >= 0.3 is 0 Å². The lowest BCUT2D eigenvalue weighted by Gasteiger charge is -2.21. The molecular weight excluding hydrogens is 506 g/mol. The summed E-state index contributed by atoms with van der Waals surface area (Å²) in [6, 6.07) is 25.3. The number of rotatable bonds is 8. The van der Waals surface area contributed by atoms with Crippen LogP contribution in [0.5, 0.6) is 5.75 Å². The van der Waals surface area contributed by atoms with Gasteiger partial charge in [0, 0.05) is 22.3 Å². The van der Waals surface area contributed by atoms with Gasteiger partial charge in [0.1, 0.15) is 5.75 Å². The van der Waals surface area contributed by atoms with Crippen molar-refractivity contribution < 1.29 is 13.2 Å². The number of hydrogen-bond acceptors (Lipinski definition) is 5. The molecule has 37 heavy (non-hydrogen) atoms. The molecule has 0 unspecified atom stereocenters. The molecule has 1 aliphatic rings. The molecule has 2 N–H and O–H groups in total. The Morgan fingerprint density at radius 3 is 2.30 bits per heavy atom. The van der Waals surface area contributed by atoms with Crippen LogP contribution in [-0.4, -0.2) is 26.3 Å². The lowest BCUT2D eigenvalue weighted by Crippen LogP contribution is -2.15. The van der Waals surface area contributed by atoms with Gasteiger partial charge in [0.25, 0.3) is 0 Å². The number of benzene rings is 3. The third-order valence-electron chi connectivity index (χ3n) is 6.53. The zero-order valence-corrected chi connectivity index (χ0v) is 22.4. The minimum atomic E-state index is -3.39. The normalized spacial score (nSPS) is 14.1. The van der Waals surface area contributed by atoms with Crippen LogP contribution in [-0.2, 0) is 10.0 Å². The van der Waals surface area contributed by atoms with Crippen LogP contribution >= 0.6 is 12.4 Å². The highest BCUT2D eigenvalue weighted by atomic mass is 35.5. The smallest absolute Gasteiger partial charge is 0.229 e. The maximum absolute atomic E-state index is 11.8. The summed E-state index contributed by atoms with van der Waals surface area (Å²) in [5.41, 5.74) is 4.85. The fraction of sp³-hybridized carbons (Fsp3) is 0.276. The average molecular weight is 538 g/mol. The first-order valence-electron chi connectivity index (χ1n) is 12.4. The van der Waals surface area contributed by atoms with Crippen molar-refractivity contribution in [2.45, 2.75) is 32.1 Å². The van der Waals surface area contributed by atoms with Crippen molar-refractivity contribution in [2.75, 3.05) is 22.9 Å². The Labute approximate surface area is 224 Å². The minimum absolute atomic E-state index is 0. The molecule has 0 radical (unpaired) electrons. The third kappa shape index (κ3) is 7.14. The first-order chi connectivity index (χ1) is 17.4. The molecule has 0 bridgehead atoms. The molecule has 8 heteroatoms. The van der Waals surface area contributed by atoms with Crippen molar-refractivity contribution in [1.29, 1.82) is 0 Å². The van der Waals surface area contributed by atoms with Gasteiger partial charge in [-0.25, -0.2) is 13.4 Å². The van der Waals surface area contributed by atoms with Gasteiger partial charge in [-0.15, -0.1) is 12.4 Å². The summed E-state index contributed by atoms with van der Waals surface area (Å²) in [4.78, 5) is 4.83. The number of nitrogens with zero attached hydrogens (tertiary/aromatic N) is 1. The van der Waals surface area contributed by atoms with E-state index in [1.54, 1.807) is 6.07 Å². The highest BCUT2D eigenvalue weighted by molar-refractivity contribution is 7.92. The van der Waals surface area contributed by atoms with Gasteiger partial charge in [-0.3, -0.25) is 4.72 Å². The maximum Gasteiger partial charge on any atom is 0.229 e. The first kappa shape index (κ1) is 26.8. The zero-order valence-electron chi connectivity index (χ0n) is 20.8. The van der Waals surface area contributed by atoms with Crippen LogP contribution in [0.25, 0.3) is 22.2 Å². The molecule has 1 saturated carbocycles. The van der Waals surface area contributed by atoms with Gasteiger partial charge in [0.2, 0.25) is 10.0 Å². The molecule has 0 saturated heterocycles. The average Bonchev–Trinajstić information content (AvgIpc) is 2.88. The number of ether oxygens (including phenoxy) is 1. The van der Waals surface area contributed by atoms with E-state index >= 15 is 0 Å². The van der Waals surface area contributed by atoms with Gasteiger partial charge in [-0.1, -0.05) is 49.6 Å². The molecule has 1 fully saturated rings. The van der Waals surface area contributed by atoms with Crippen LogP contribution in [0.1, 0.15) is 32.1 Å². The highest BCUT2D eigenvalue weighted by Crippen LogP contribution is 2.33. The molecule has 194 valence electrons. The molecule has 0 aliphatic heterocycles. The Kier molecular flexibility index (Phi) is 8.56. The standard InChI is InChI=1S/C29H31N3O3S.ClH/c1-36(33,34)32-24-14-17-27-26(18-24)29(19-28(31-27)22-10-6-3-7-11-22)30-23-12-15-25(16-13-23)35-20-21-8-4-2-5-9-21;/h3,6-7,10-19,21,32H,2,4-5,8-9,20H2,1H3,(H,30,31);1H. The van der Waals surface area contributed by atoms with Crippen molar-refractivity contribution in [2.24, 2.45) is 5.92 Å². The summed E-state index contributed by atoms with van der Waals surface area (Å²) in [7, 11) is -3.39. The van der Waals surface area contributed by atoms with Crippen molar-refractivity contribution in [3.8, 4) is 17.0 Å². The van der Waals surface area contributed by atoms with Crippen LogP contribution in [0.15, 0.2) is 78.9 Å². The van der Waals surface area contributed by atoms with Gasteiger partial charge < -0.3 is 10.1 Å². The van der Waals surface area contributed by atoms with Crippen molar-refractivity contribution in [1.82, 2.24) is 4.98 Å². The molecule has 6 nitrogen and oxygen atoms in total. The number of fused-ring (bicyclic) bond motifs is 1. The second kappa shape index (κ2) is 11.8. The number of aromatic nitrogens is 1. The predicted molar refractivity (Wildman–Crippen MR) is 155 cm³/mol. The topological polar surface area (TPSA) is 80.3 Å². The van der Waals surface area contributed by atoms with E-state index in [0.717, 1.165) is 52.1 Å². The SMILES string of the molecule is CS(=O)(=O)Nc1ccc2nc(-c3ccccc3)cc(Nc3ccc(OCC4CCCCC4)cc3)c2c1.Cl. The summed E-state index contributed by atoms with van der Waals surface area (Å²) in [6.45, 7) is 0.776. The molecule has 5 rings (SSSR count). The van der Waals surface area contributed by atoms with E-state index in [0.29, 0.717) is 11.6 Å². The lowest BCUT2D eigenvalue weighted by atomic mass is 9.90. The van der Waals surface area contributed by atoms with E-state index < -0.39 is 10.0 Å². The third-order valence-corrected chi connectivity index (χ3v) is 7.13. The number of pyridine rings is 1. The Morgan fingerprint density at radius 1 is 0.892 bits per heavy atom. The molecule has 1 aromatic heterocycles. The van der Waals surface area contributed by atoms with E-state index in [1.165, 1.54) is 32.1 Å². The number of hydrogen-bond donors (Lipinski definition) is 2. The second-order valence-electron chi connectivity index (χ2n) is 9.49. The summed E-state index contributed by atoms with van der Waals surface area (Å²) in [6.07, 6.45) is 7.62. The van der Waals surface area contributed by atoms with E-state index in [-0.39, 0.29) is 12.4 Å². The van der Waals surface area contributed by atoms with Crippen LogP contribution in [0.2, 0.25) is 0 Å². The number of nitrogens with one attached hydrogen (secondary N) is 2. The van der Waals surface area contributed by atoms with Gasteiger partial charge in [0.05, 0.1) is 29.8 Å². The predicted octanol–water partition coefficient (Wildman–Crippen LogP) is 7.40. The molecule has 1 aliphatic carbocycles. The zero-order chi connectivity index (χ0) is 25.0. The first-order valence-corrected chi connectivity index (χ1v) is 14.3. The van der Waals surface area contributed by atoms with E-state index in [1.807, 2.05) is 72.8 Å². The quantitative estimate of drug-likeness (QED) is 0.245. The van der Waals surface area contributed by atoms with Crippen molar-refractivity contribution in [3.05, 3.63) is 78.9 Å². The fourth-order valence-corrected chi connectivity index (χ4v) is 5.28. The fourth-order valence-electron chi connectivity index (χ4n) is 4.72. The Bertz CT molecular complexity index is 1440. The molecule has 1 heterocycles. The lowest BCUT2D eigenvalue weighted by molar-refractivity contribution is 0.209. The molecule has 0 amide bonds. The molecule has 4 aromatic rings.